The summed E-state index contributed by atoms with van der Waals surface area (Å²) in [5.74, 6) is 0. The molecule has 0 N–H and O–H groups in total. The number of rotatable bonds is 7. The second kappa shape index (κ2) is 8.19. The highest BCUT2D eigenvalue weighted by Gasteiger charge is 2.34. The molecule has 0 aromatic heterocycles. The number of benzene rings is 4. The average molecular weight is 367 g/mol. The summed E-state index contributed by atoms with van der Waals surface area (Å²) in [6.07, 6.45) is 6.11. The van der Waals surface area contributed by atoms with Crippen molar-refractivity contribution in [3.05, 3.63) is 96.1 Å². The number of hydrogen-bond donors (Lipinski definition) is 0. The summed E-state index contributed by atoms with van der Waals surface area (Å²) in [4.78, 5) is 0. The van der Waals surface area contributed by atoms with Crippen LogP contribution in [-0.2, 0) is 5.41 Å². The van der Waals surface area contributed by atoms with Crippen LogP contribution in [0.2, 0.25) is 0 Å². The van der Waals surface area contributed by atoms with Crippen molar-refractivity contribution in [3.8, 4) is 0 Å². The molecule has 0 saturated heterocycles. The van der Waals surface area contributed by atoms with E-state index in [9.17, 15) is 0 Å². The van der Waals surface area contributed by atoms with Gasteiger partial charge in [-0.1, -0.05) is 118 Å². The molecule has 0 saturated carbocycles. The zero-order valence-corrected chi connectivity index (χ0v) is 17.1. The Balaban J connectivity index is 2.01. The van der Waals surface area contributed by atoms with Crippen LogP contribution in [0.5, 0.6) is 0 Å². The lowest BCUT2D eigenvalue weighted by Gasteiger charge is -2.36. The summed E-state index contributed by atoms with van der Waals surface area (Å²) < 4.78 is 0. The van der Waals surface area contributed by atoms with Gasteiger partial charge in [-0.05, 0) is 45.5 Å². The van der Waals surface area contributed by atoms with E-state index in [0.29, 0.717) is 0 Å². The van der Waals surface area contributed by atoms with Gasteiger partial charge in [-0.25, -0.2) is 0 Å². The zero-order valence-electron chi connectivity index (χ0n) is 17.1. The van der Waals surface area contributed by atoms with Gasteiger partial charge in [0.2, 0.25) is 0 Å². The van der Waals surface area contributed by atoms with E-state index < -0.39 is 0 Å². The quantitative estimate of drug-likeness (QED) is 0.289. The molecule has 28 heavy (non-hydrogen) atoms. The minimum Gasteiger partial charge on any atom is -0.0654 e. The fourth-order valence-corrected chi connectivity index (χ4v) is 4.93. The summed E-state index contributed by atoms with van der Waals surface area (Å²) in [5, 5.41) is 5.48. The topological polar surface area (TPSA) is 0 Å². The van der Waals surface area contributed by atoms with Crippen molar-refractivity contribution in [2.24, 2.45) is 0 Å². The van der Waals surface area contributed by atoms with E-state index in [4.69, 9.17) is 0 Å². The van der Waals surface area contributed by atoms with Gasteiger partial charge in [0.05, 0.1) is 0 Å². The first-order valence-corrected chi connectivity index (χ1v) is 10.8. The lowest BCUT2D eigenvalue weighted by molar-refractivity contribution is 0.437. The summed E-state index contributed by atoms with van der Waals surface area (Å²) in [5.41, 5.74) is 3.01. The fourth-order valence-electron chi connectivity index (χ4n) is 4.93. The van der Waals surface area contributed by atoms with E-state index >= 15 is 0 Å². The van der Waals surface area contributed by atoms with Gasteiger partial charge in [-0.3, -0.25) is 0 Å². The van der Waals surface area contributed by atoms with E-state index in [1.54, 1.807) is 0 Å². The van der Waals surface area contributed by atoms with Crippen LogP contribution in [0.15, 0.2) is 84.9 Å². The van der Waals surface area contributed by atoms with Crippen molar-refractivity contribution in [1.82, 2.24) is 0 Å². The third-order valence-electron chi connectivity index (χ3n) is 6.42. The molecule has 4 rings (SSSR count). The molecule has 0 amide bonds. The minimum atomic E-state index is 0.0386. The Morgan fingerprint density at radius 2 is 1.07 bits per heavy atom. The van der Waals surface area contributed by atoms with Crippen LogP contribution in [0.1, 0.15) is 57.1 Å². The van der Waals surface area contributed by atoms with Crippen LogP contribution >= 0.6 is 0 Å². The third-order valence-corrected chi connectivity index (χ3v) is 6.42. The maximum atomic E-state index is 2.37. The van der Waals surface area contributed by atoms with Crippen LogP contribution in [0.25, 0.3) is 21.5 Å². The molecule has 0 aliphatic rings. The van der Waals surface area contributed by atoms with Crippen molar-refractivity contribution < 1.29 is 0 Å². The summed E-state index contributed by atoms with van der Waals surface area (Å²) >= 11 is 0. The largest absolute Gasteiger partial charge is 0.0654 e. The molecule has 4 aromatic carbocycles. The SMILES string of the molecule is CCCCCC(CC)(c1cccc2ccccc12)c1cccc2ccccc12. The smallest absolute Gasteiger partial charge is 0.0212 e. The Labute approximate surface area is 169 Å². The van der Waals surface area contributed by atoms with E-state index in [1.165, 1.54) is 58.4 Å². The number of fused-ring (bicyclic) bond motifs is 2. The molecule has 0 aliphatic carbocycles. The van der Waals surface area contributed by atoms with Gasteiger partial charge < -0.3 is 0 Å². The van der Waals surface area contributed by atoms with Crippen LogP contribution < -0.4 is 0 Å². The van der Waals surface area contributed by atoms with Gasteiger partial charge in [0, 0.05) is 5.41 Å². The van der Waals surface area contributed by atoms with Crippen molar-refractivity contribution >= 4 is 21.5 Å². The molecule has 0 bridgehead atoms. The van der Waals surface area contributed by atoms with E-state index in [2.05, 4.69) is 98.8 Å². The summed E-state index contributed by atoms with van der Waals surface area (Å²) in [7, 11) is 0. The van der Waals surface area contributed by atoms with E-state index in [1.807, 2.05) is 0 Å². The van der Waals surface area contributed by atoms with Gasteiger partial charge in [-0.15, -0.1) is 0 Å². The van der Waals surface area contributed by atoms with Crippen LogP contribution in [0, 0.1) is 0 Å². The Hall–Kier alpha value is -2.60. The van der Waals surface area contributed by atoms with E-state index in [0.717, 1.165) is 6.42 Å². The highest BCUT2D eigenvalue weighted by atomic mass is 14.4. The molecule has 0 fully saturated rings. The van der Waals surface area contributed by atoms with Crippen LogP contribution in [-0.4, -0.2) is 0 Å². The fraction of sp³-hybridized carbons (Fsp3) is 0.286. The zero-order chi connectivity index (χ0) is 19.4. The molecular formula is C28H30. The predicted octanol–water partition coefficient (Wildman–Crippen LogP) is 8.27. The molecule has 0 spiro atoms. The lowest BCUT2D eigenvalue weighted by Crippen LogP contribution is -2.28. The first-order valence-electron chi connectivity index (χ1n) is 10.8. The van der Waals surface area contributed by atoms with Crippen molar-refractivity contribution in [1.29, 1.82) is 0 Å². The average Bonchev–Trinajstić information content (AvgIpc) is 2.76. The standard InChI is InChI=1S/C28H30/c1-3-5-10-21-28(4-2,26-19-11-15-22-13-6-8-17-24(22)26)27-20-12-16-23-14-7-9-18-25(23)27/h6-9,11-20H,3-5,10,21H2,1-2H3. The lowest BCUT2D eigenvalue weighted by atomic mass is 9.67. The molecule has 4 aromatic rings. The normalized spacial score (nSPS) is 11.9. The first kappa shape index (κ1) is 18.7. The van der Waals surface area contributed by atoms with E-state index in [-0.39, 0.29) is 5.41 Å². The van der Waals surface area contributed by atoms with Crippen molar-refractivity contribution in [2.45, 2.75) is 51.4 Å². The molecule has 0 nitrogen and oxygen atoms in total. The highest BCUT2D eigenvalue weighted by molar-refractivity contribution is 5.91. The molecule has 0 radical (unpaired) electrons. The van der Waals surface area contributed by atoms with Gasteiger partial charge in [-0.2, -0.15) is 0 Å². The second-order valence-corrected chi connectivity index (χ2v) is 7.95. The maximum Gasteiger partial charge on any atom is 0.0212 e. The molecule has 0 aliphatic heterocycles. The van der Waals surface area contributed by atoms with Gasteiger partial charge >= 0.3 is 0 Å². The first-order chi connectivity index (χ1) is 13.8. The van der Waals surface area contributed by atoms with Crippen LogP contribution in [0.4, 0.5) is 0 Å². The van der Waals surface area contributed by atoms with Gasteiger partial charge in [0.1, 0.15) is 0 Å². The molecular weight excluding hydrogens is 336 g/mol. The minimum absolute atomic E-state index is 0.0386. The number of hydrogen-bond acceptors (Lipinski definition) is 0. The monoisotopic (exact) mass is 366 g/mol. The van der Waals surface area contributed by atoms with Gasteiger partial charge in [0.15, 0.2) is 0 Å². The highest BCUT2D eigenvalue weighted by Crippen LogP contribution is 2.45. The van der Waals surface area contributed by atoms with Crippen LogP contribution in [0.3, 0.4) is 0 Å². The van der Waals surface area contributed by atoms with Crippen molar-refractivity contribution in [3.63, 3.8) is 0 Å². The Bertz CT molecular complexity index is 984. The molecule has 0 atom stereocenters. The molecule has 0 heterocycles. The summed E-state index contributed by atoms with van der Waals surface area (Å²) in [6.45, 7) is 4.67. The molecule has 0 heteroatoms. The Morgan fingerprint density at radius 3 is 1.57 bits per heavy atom. The van der Waals surface area contributed by atoms with Crippen molar-refractivity contribution in [2.75, 3.05) is 0 Å². The Kier molecular flexibility index (Phi) is 5.48. The summed E-state index contributed by atoms with van der Waals surface area (Å²) in [6, 6.07) is 31.5. The molecule has 142 valence electrons. The third kappa shape index (κ3) is 3.22. The maximum absolute atomic E-state index is 2.37. The number of unbranched alkanes of at least 4 members (excludes halogenated alkanes) is 2. The Morgan fingerprint density at radius 1 is 0.571 bits per heavy atom. The molecule has 0 unspecified atom stereocenters. The second-order valence-electron chi connectivity index (χ2n) is 7.95. The van der Waals surface area contributed by atoms with Gasteiger partial charge in [0.25, 0.3) is 0 Å². The predicted molar refractivity (Wildman–Crippen MR) is 123 cm³/mol.